The molecule has 0 amide bonds. The quantitative estimate of drug-likeness (QED) is 0.866. The topological polar surface area (TPSA) is 73.7 Å². The van der Waals surface area contributed by atoms with Crippen LogP contribution in [0.15, 0.2) is 18.2 Å². The van der Waals surface area contributed by atoms with Crippen LogP contribution in [0.5, 0.6) is 0 Å². The van der Waals surface area contributed by atoms with Crippen LogP contribution in [0.3, 0.4) is 0 Å². The first-order chi connectivity index (χ1) is 9.23. The predicted octanol–water partition coefficient (Wildman–Crippen LogP) is 1.67. The van der Waals surface area contributed by atoms with Gasteiger partial charge in [0, 0.05) is 6.54 Å². The molecule has 1 aromatic heterocycles. The molecule has 0 saturated carbocycles. The fourth-order valence-electron chi connectivity index (χ4n) is 2.18. The summed E-state index contributed by atoms with van der Waals surface area (Å²) < 4.78 is 38.5. The summed E-state index contributed by atoms with van der Waals surface area (Å²) in [5, 5.41) is 18.5. The number of aliphatic hydroxyl groups is 1. The van der Waals surface area contributed by atoms with E-state index >= 15 is 0 Å². The van der Waals surface area contributed by atoms with Gasteiger partial charge in [0.1, 0.15) is 5.82 Å². The van der Waals surface area contributed by atoms with Gasteiger partial charge in [0.05, 0.1) is 6.54 Å². The Morgan fingerprint density at radius 1 is 1.40 bits per heavy atom. The molecular formula is C12H13F3N2O3. The highest BCUT2D eigenvalue weighted by atomic mass is 19.4. The van der Waals surface area contributed by atoms with Crippen LogP contribution in [0.4, 0.5) is 19.0 Å². The summed E-state index contributed by atoms with van der Waals surface area (Å²) in [7, 11) is 0. The van der Waals surface area contributed by atoms with Gasteiger partial charge in [-0.2, -0.15) is 13.2 Å². The Bertz CT molecular complexity index is 521. The number of piperidine rings is 1. The molecule has 1 atom stereocenters. The number of rotatable bonds is 2. The first kappa shape index (κ1) is 14.6. The molecule has 2 N–H and O–H groups in total. The van der Waals surface area contributed by atoms with E-state index < -0.39 is 24.3 Å². The lowest BCUT2D eigenvalue weighted by Crippen LogP contribution is -2.57. The third-order valence-electron chi connectivity index (χ3n) is 3.28. The van der Waals surface area contributed by atoms with E-state index in [-0.39, 0.29) is 30.9 Å². The lowest BCUT2D eigenvalue weighted by molar-refractivity contribution is -0.261. The van der Waals surface area contributed by atoms with Gasteiger partial charge >= 0.3 is 12.1 Å². The van der Waals surface area contributed by atoms with Gasteiger partial charge in [0.25, 0.3) is 0 Å². The molecule has 0 radical (unpaired) electrons. The molecule has 1 aliphatic rings. The SMILES string of the molecule is O=C(O)c1cccc(N2CCCC(O)(C(F)(F)F)C2)n1. The number of β-amino-alcohol motifs (C(OH)–C–C–N with tert-alkyl or cyclic N) is 1. The minimum Gasteiger partial charge on any atom is -0.477 e. The summed E-state index contributed by atoms with van der Waals surface area (Å²) in [5.41, 5.74) is -3.03. The van der Waals surface area contributed by atoms with Crippen LogP contribution < -0.4 is 4.90 Å². The lowest BCUT2D eigenvalue weighted by Gasteiger charge is -2.40. The van der Waals surface area contributed by atoms with Gasteiger partial charge in [-0.05, 0) is 25.0 Å². The van der Waals surface area contributed by atoms with Crippen molar-refractivity contribution in [1.29, 1.82) is 0 Å². The highest BCUT2D eigenvalue weighted by Gasteiger charge is 2.55. The molecule has 1 aliphatic heterocycles. The van der Waals surface area contributed by atoms with Gasteiger partial charge in [-0.25, -0.2) is 9.78 Å². The Kier molecular flexibility index (Phi) is 3.59. The molecule has 1 aromatic rings. The van der Waals surface area contributed by atoms with Gasteiger partial charge in [-0.15, -0.1) is 0 Å². The predicted molar refractivity (Wildman–Crippen MR) is 63.6 cm³/mol. The first-order valence-electron chi connectivity index (χ1n) is 5.97. The number of carboxylic acids is 1. The lowest BCUT2D eigenvalue weighted by atomic mass is 9.92. The molecule has 0 spiro atoms. The average Bonchev–Trinajstić information content (AvgIpc) is 2.37. The minimum absolute atomic E-state index is 0.118. The number of nitrogens with zero attached hydrogens (tertiary/aromatic N) is 2. The van der Waals surface area contributed by atoms with Crippen molar-refractivity contribution in [2.75, 3.05) is 18.0 Å². The molecule has 1 fully saturated rings. The normalized spacial score (nSPS) is 23.7. The summed E-state index contributed by atoms with van der Waals surface area (Å²) in [5.74, 6) is -1.14. The second kappa shape index (κ2) is 4.93. The van der Waals surface area contributed by atoms with E-state index in [1.165, 1.54) is 23.1 Å². The Hall–Kier alpha value is -1.83. The van der Waals surface area contributed by atoms with E-state index in [1.54, 1.807) is 0 Å². The van der Waals surface area contributed by atoms with Crippen LogP contribution in [0, 0.1) is 0 Å². The van der Waals surface area contributed by atoms with Gasteiger partial charge in [-0.1, -0.05) is 6.07 Å². The third kappa shape index (κ3) is 2.69. The van der Waals surface area contributed by atoms with Crippen LogP contribution in [-0.4, -0.2) is 46.0 Å². The van der Waals surface area contributed by atoms with Crippen molar-refractivity contribution >= 4 is 11.8 Å². The monoisotopic (exact) mass is 290 g/mol. The maximum absolute atomic E-state index is 12.8. The molecule has 20 heavy (non-hydrogen) atoms. The molecular weight excluding hydrogens is 277 g/mol. The molecule has 8 heteroatoms. The van der Waals surface area contributed by atoms with Gasteiger partial charge in [-0.3, -0.25) is 0 Å². The molecule has 1 unspecified atom stereocenters. The van der Waals surface area contributed by atoms with Gasteiger partial charge in [0.2, 0.25) is 0 Å². The summed E-state index contributed by atoms with van der Waals surface area (Å²) in [6.45, 7) is -0.360. The first-order valence-corrected chi connectivity index (χ1v) is 5.97. The highest BCUT2D eigenvalue weighted by molar-refractivity contribution is 5.85. The Morgan fingerprint density at radius 3 is 2.70 bits per heavy atom. The second-order valence-electron chi connectivity index (χ2n) is 4.74. The summed E-state index contributed by atoms with van der Waals surface area (Å²) in [6.07, 6.45) is -4.95. The van der Waals surface area contributed by atoms with Crippen LogP contribution in [0.25, 0.3) is 0 Å². The highest BCUT2D eigenvalue weighted by Crippen LogP contribution is 2.38. The van der Waals surface area contributed by atoms with E-state index in [2.05, 4.69) is 4.98 Å². The molecule has 0 bridgehead atoms. The number of aromatic nitrogens is 1. The number of pyridine rings is 1. The van der Waals surface area contributed by atoms with Crippen LogP contribution in [0.2, 0.25) is 0 Å². The van der Waals surface area contributed by atoms with Crippen molar-refractivity contribution in [1.82, 2.24) is 4.98 Å². The molecule has 110 valence electrons. The number of hydrogen-bond acceptors (Lipinski definition) is 4. The molecule has 1 saturated heterocycles. The number of hydrogen-bond donors (Lipinski definition) is 2. The van der Waals surface area contributed by atoms with Gasteiger partial charge in [0.15, 0.2) is 11.3 Å². The Labute approximate surface area is 112 Å². The van der Waals surface area contributed by atoms with Crippen molar-refractivity contribution in [2.45, 2.75) is 24.6 Å². The summed E-state index contributed by atoms with van der Waals surface area (Å²) in [4.78, 5) is 15.9. The van der Waals surface area contributed by atoms with Crippen molar-refractivity contribution in [3.63, 3.8) is 0 Å². The summed E-state index contributed by atoms with van der Waals surface area (Å²) >= 11 is 0. The minimum atomic E-state index is -4.73. The van der Waals surface area contributed by atoms with Crippen LogP contribution >= 0.6 is 0 Å². The number of halogens is 3. The molecule has 2 heterocycles. The van der Waals surface area contributed by atoms with Crippen LogP contribution in [-0.2, 0) is 0 Å². The van der Waals surface area contributed by atoms with E-state index in [0.717, 1.165) is 0 Å². The molecule has 5 nitrogen and oxygen atoms in total. The molecule has 0 aliphatic carbocycles. The number of aromatic carboxylic acids is 1. The maximum Gasteiger partial charge on any atom is 0.418 e. The van der Waals surface area contributed by atoms with Crippen LogP contribution in [0.1, 0.15) is 23.3 Å². The number of alkyl halides is 3. The number of carboxylic acid groups (broad SMARTS) is 1. The fraction of sp³-hybridized carbons (Fsp3) is 0.500. The average molecular weight is 290 g/mol. The zero-order chi connectivity index (χ0) is 15.0. The molecule has 0 aromatic carbocycles. The zero-order valence-electron chi connectivity index (χ0n) is 10.4. The largest absolute Gasteiger partial charge is 0.477 e. The van der Waals surface area contributed by atoms with Crippen molar-refractivity contribution < 1.29 is 28.2 Å². The van der Waals surface area contributed by atoms with Gasteiger partial charge < -0.3 is 15.1 Å². The zero-order valence-corrected chi connectivity index (χ0v) is 10.4. The Morgan fingerprint density at radius 2 is 2.10 bits per heavy atom. The van der Waals surface area contributed by atoms with Crippen molar-refractivity contribution in [3.8, 4) is 0 Å². The standard InChI is InChI=1S/C12H13F3N2O3/c13-12(14,15)11(20)5-2-6-17(7-11)9-4-1-3-8(16-9)10(18)19/h1,3-4,20H,2,5-7H2,(H,18,19). The second-order valence-corrected chi connectivity index (χ2v) is 4.74. The van der Waals surface area contributed by atoms with Crippen molar-refractivity contribution in [2.24, 2.45) is 0 Å². The van der Waals surface area contributed by atoms with E-state index in [9.17, 15) is 23.1 Å². The summed E-state index contributed by atoms with van der Waals surface area (Å²) in [6, 6.07) is 4.09. The number of anilines is 1. The Balaban J connectivity index is 2.25. The molecule has 2 rings (SSSR count). The van der Waals surface area contributed by atoms with E-state index in [0.29, 0.717) is 0 Å². The fourth-order valence-corrected chi connectivity index (χ4v) is 2.18. The third-order valence-corrected chi connectivity index (χ3v) is 3.28. The number of carbonyl (C=O) groups is 1. The smallest absolute Gasteiger partial charge is 0.418 e. The van der Waals surface area contributed by atoms with E-state index in [4.69, 9.17) is 5.11 Å². The maximum atomic E-state index is 12.8. The van der Waals surface area contributed by atoms with E-state index in [1.807, 2.05) is 0 Å². The van der Waals surface area contributed by atoms with Crippen molar-refractivity contribution in [3.05, 3.63) is 23.9 Å².